The van der Waals surface area contributed by atoms with Gasteiger partial charge in [-0.1, -0.05) is 0 Å². The number of hydrogen-bond acceptors (Lipinski definition) is 3. The Balaban J connectivity index is 2.70. The van der Waals surface area contributed by atoms with Crippen LogP contribution in [0.25, 0.3) is 0 Å². The maximum Gasteiger partial charge on any atom is 0.111 e. The van der Waals surface area contributed by atoms with Crippen molar-refractivity contribution in [2.24, 2.45) is 0 Å². The molecule has 1 heterocycles. The molecule has 1 rings (SSSR count). The molecule has 0 bridgehead atoms. The lowest BCUT2D eigenvalue weighted by Gasteiger charge is -1.87. The molecule has 0 amide bonds. The maximum absolute atomic E-state index is 8.56. The summed E-state index contributed by atoms with van der Waals surface area (Å²) in [6.07, 6.45) is 3.16. The molecule has 1 N–H and O–H groups in total. The summed E-state index contributed by atoms with van der Waals surface area (Å²) in [5, 5.41) is 16.8. The van der Waals surface area contributed by atoms with Crippen LogP contribution in [-0.2, 0) is 13.2 Å². The summed E-state index contributed by atoms with van der Waals surface area (Å²) in [5.74, 6) is 0. The van der Waals surface area contributed by atoms with Crippen LogP contribution < -0.4 is 0 Å². The molecule has 0 aromatic carbocycles. The van der Waals surface area contributed by atoms with Crippen molar-refractivity contribution in [1.29, 1.82) is 5.26 Å². The fraction of sp³-hybridized carbons (Fsp3) is 0.333. The van der Waals surface area contributed by atoms with E-state index in [4.69, 9.17) is 10.4 Å². The summed E-state index contributed by atoms with van der Waals surface area (Å²) in [7, 11) is 0. The minimum Gasteiger partial charge on any atom is -0.390 e. The summed E-state index contributed by atoms with van der Waals surface area (Å²) in [5.41, 5.74) is 0.593. The minimum absolute atomic E-state index is 0.0710. The normalized spacial score (nSPS) is 9.20. The lowest BCUT2D eigenvalue weighted by Crippen LogP contribution is -1.89. The smallest absolute Gasteiger partial charge is 0.111 e. The van der Waals surface area contributed by atoms with Crippen LogP contribution in [-0.4, -0.2) is 14.7 Å². The number of aliphatic hydroxyl groups is 1. The van der Waals surface area contributed by atoms with E-state index in [1.54, 1.807) is 10.8 Å². The Morgan fingerprint density at radius 3 is 3.10 bits per heavy atom. The molecule has 0 aliphatic carbocycles. The molecule has 52 valence electrons. The summed E-state index contributed by atoms with van der Waals surface area (Å²) in [4.78, 5) is 3.82. The van der Waals surface area contributed by atoms with Gasteiger partial charge in [-0.2, -0.15) is 5.26 Å². The SMILES string of the molecule is N#CCn1cnc(CO)c1. The molecular weight excluding hydrogens is 130 g/mol. The standard InChI is InChI=1S/C6H7N3O/c7-1-2-9-3-6(4-10)8-5-9/h3,5,10H,2,4H2. The van der Waals surface area contributed by atoms with Gasteiger partial charge in [0, 0.05) is 6.20 Å². The third kappa shape index (κ3) is 1.33. The third-order valence-electron chi connectivity index (χ3n) is 1.10. The molecular formula is C6H7N3O. The Labute approximate surface area is 58.4 Å². The van der Waals surface area contributed by atoms with E-state index in [0.717, 1.165) is 0 Å². The van der Waals surface area contributed by atoms with Gasteiger partial charge in [0.25, 0.3) is 0 Å². The van der Waals surface area contributed by atoms with Crippen LogP contribution in [0.2, 0.25) is 0 Å². The lowest BCUT2D eigenvalue weighted by molar-refractivity contribution is 0.277. The zero-order valence-corrected chi connectivity index (χ0v) is 5.36. The van der Waals surface area contributed by atoms with Gasteiger partial charge in [-0.3, -0.25) is 0 Å². The largest absolute Gasteiger partial charge is 0.390 e. The minimum atomic E-state index is -0.0710. The van der Waals surface area contributed by atoms with Gasteiger partial charge >= 0.3 is 0 Å². The van der Waals surface area contributed by atoms with E-state index in [0.29, 0.717) is 5.69 Å². The van der Waals surface area contributed by atoms with Crippen LogP contribution in [0.3, 0.4) is 0 Å². The van der Waals surface area contributed by atoms with Crippen LogP contribution in [0.5, 0.6) is 0 Å². The van der Waals surface area contributed by atoms with Gasteiger partial charge in [0.1, 0.15) is 6.54 Å². The first-order valence-corrected chi connectivity index (χ1v) is 2.85. The summed E-state index contributed by atoms with van der Waals surface area (Å²) < 4.78 is 1.62. The molecule has 0 unspecified atom stereocenters. The van der Waals surface area contributed by atoms with Crippen LogP contribution in [0.4, 0.5) is 0 Å². The first kappa shape index (κ1) is 6.78. The monoisotopic (exact) mass is 137 g/mol. The highest BCUT2D eigenvalue weighted by molar-refractivity contribution is 4.95. The van der Waals surface area contributed by atoms with Crippen molar-refractivity contribution in [3.63, 3.8) is 0 Å². The molecule has 0 aliphatic rings. The summed E-state index contributed by atoms with van der Waals surface area (Å²) in [6, 6.07) is 1.96. The summed E-state index contributed by atoms with van der Waals surface area (Å²) >= 11 is 0. The first-order valence-electron chi connectivity index (χ1n) is 2.85. The first-order chi connectivity index (χ1) is 4.86. The molecule has 0 atom stereocenters. The van der Waals surface area contributed by atoms with E-state index < -0.39 is 0 Å². The van der Waals surface area contributed by atoms with E-state index in [2.05, 4.69) is 4.98 Å². The molecule has 4 heteroatoms. The second-order valence-electron chi connectivity index (χ2n) is 1.85. The average molecular weight is 137 g/mol. The van der Waals surface area contributed by atoms with E-state index in [-0.39, 0.29) is 13.2 Å². The zero-order chi connectivity index (χ0) is 7.40. The zero-order valence-electron chi connectivity index (χ0n) is 5.36. The molecule has 0 saturated heterocycles. The molecule has 0 fully saturated rings. The number of hydrogen-bond donors (Lipinski definition) is 1. The average Bonchev–Trinajstić information content (AvgIpc) is 2.37. The van der Waals surface area contributed by atoms with Crippen molar-refractivity contribution in [2.45, 2.75) is 13.2 Å². The Morgan fingerprint density at radius 2 is 2.60 bits per heavy atom. The molecule has 1 aromatic heterocycles. The van der Waals surface area contributed by atoms with E-state index in [1.165, 1.54) is 6.33 Å². The highest BCUT2D eigenvalue weighted by Gasteiger charge is 1.93. The number of nitriles is 1. The maximum atomic E-state index is 8.56. The van der Waals surface area contributed by atoms with Gasteiger partial charge in [-0.15, -0.1) is 0 Å². The molecule has 4 nitrogen and oxygen atoms in total. The van der Waals surface area contributed by atoms with Crippen molar-refractivity contribution in [2.75, 3.05) is 0 Å². The van der Waals surface area contributed by atoms with Gasteiger partial charge in [0.2, 0.25) is 0 Å². The molecule has 1 aromatic rings. The second kappa shape index (κ2) is 2.99. The van der Waals surface area contributed by atoms with E-state index in [1.807, 2.05) is 6.07 Å². The quantitative estimate of drug-likeness (QED) is 0.619. The predicted molar refractivity (Wildman–Crippen MR) is 33.8 cm³/mol. The Morgan fingerprint density at radius 1 is 1.80 bits per heavy atom. The molecule has 0 aliphatic heterocycles. The van der Waals surface area contributed by atoms with Crippen molar-refractivity contribution < 1.29 is 5.11 Å². The van der Waals surface area contributed by atoms with Gasteiger partial charge in [-0.05, 0) is 0 Å². The number of rotatable bonds is 2. The van der Waals surface area contributed by atoms with Gasteiger partial charge in [-0.25, -0.2) is 4.98 Å². The van der Waals surface area contributed by atoms with Crippen molar-refractivity contribution >= 4 is 0 Å². The van der Waals surface area contributed by atoms with Crippen LogP contribution >= 0.6 is 0 Å². The molecule has 0 saturated carbocycles. The molecule has 10 heavy (non-hydrogen) atoms. The van der Waals surface area contributed by atoms with Crippen molar-refractivity contribution in [1.82, 2.24) is 9.55 Å². The van der Waals surface area contributed by atoms with E-state index >= 15 is 0 Å². The lowest BCUT2D eigenvalue weighted by atomic mass is 10.5. The van der Waals surface area contributed by atoms with Crippen LogP contribution in [0.1, 0.15) is 5.69 Å². The number of nitrogens with zero attached hydrogens (tertiary/aromatic N) is 3. The van der Waals surface area contributed by atoms with Gasteiger partial charge in [0.15, 0.2) is 0 Å². The Hall–Kier alpha value is -1.34. The number of aromatic nitrogens is 2. The fourth-order valence-corrected chi connectivity index (χ4v) is 0.656. The molecule has 0 spiro atoms. The highest BCUT2D eigenvalue weighted by Crippen LogP contribution is 1.93. The summed E-state index contributed by atoms with van der Waals surface area (Å²) in [6.45, 7) is 0.214. The van der Waals surface area contributed by atoms with Crippen LogP contribution in [0.15, 0.2) is 12.5 Å². The molecule has 0 radical (unpaired) electrons. The number of imidazole rings is 1. The topological polar surface area (TPSA) is 61.8 Å². The van der Waals surface area contributed by atoms with Crippen molar-refractivity contribution in [3.8, 4) is 6.07 Å². The van der Waals surface area contributed by atoms with Crippen LogP contribution in [0, 0.1) is 11.3 Å². The van der Waals surface area contributed by atoms with Gasteiger partial charge < -0.3 is 9.67 Å². The Bertz CT molecular complexity index is 248. The van der Waals surface area contributed by atoms with Gasteiger partial charge in [0.05, 0.1) is 24.7 Å². The predicted octanol–water partition coefficient (Wildman–Crippen LogP) is -0.101. The number of aliphatic hydroxyl groups excluding tert-OH is 1. The Kier molecular flexibility index (Phi) is 2.03. The van der Waals surface area contributed by atoms with E-state index in [9.17, 15) is 0 Å². The van der Waals surface area contributed by atoms with Crippen molar-refractivity contribution in [3.05, 3.63) is 18.2 Å². The third-order valence-corrected chi connectivity index (χ3v) is 1.10. The highest BCUT2D eigenvalue weighted by atomic mass is 16.3. The second-order valence-corrected chi connectivity index (χ2v) is 1.85. The fourth-order valence-electron chi connectivity index (χ4n) is 0.656.